The van der Waals surface area contributed by atoms with E-state index in [1.807, 2.05) is 19.1 Å². The van der Waals surface area contributed by atoms with Crippen LogP contribution in [0, 0.1) is 6.92 Å². The summed E-state index contributed by atoms with van der Waals surface area (Å²) in [5, 5.41) is 3.77. The molecule has 118 valence electrons. The number of thiazole rings is 1. The predicted molar refractivity (Wildman–Crippen MR) is 90.6 cm³/mol. The number of nitrogens with zero attached hydrogens (tertiary/aromatic N) is 1. The quantitative estimate of drug-likeness (QED) is 0.660. The third kappa shape index (κ3) is 3.86. The summed E-state index contributed by atoms with van der Waals surface area (Å²) >= 11 is 2.02. The number of rotatable bonds is 4. The lowest BCUT2D eigenvalue weighted by Crippen LogP contribution is -2.11. The second-order valence-corrected chi connectivity index (χ2v) is 7.07. The van der Waals surface area contributed by atoms with E-state index in [1.165, 1.54) is 24.3 Å². The highest BCUT2D eigenvalue weighted by molar-refractivity contribution is 7.99. The molecule has 0 aliphatic rings. The van der Waals surface area contributed by atoms with Crippen LogP contribution in [-0.4, -0.2) is 16.6 Å². The first-order chi connectivity index (χ1) is 11.0. The van der Waals surface area contributed by atoms with Crippen LogP contribution in [0.15, 0.2) is 47.4 Å². The fraction of sp³-hybridized carbons (Fsp3) is 0.125. The van der Waals surface area contributed by atoms with E-state index in [-0.39, 0.29) is 5.91 Å². The summed E-state index contributed by atoms with van der Waals surface area (Å²) in [4.78, 5) is 17.0. The number of carbonyl (C=O) groups is 1. The Kier molecular flexibility index (Phi) is 4.58. The Bertz CT molecular complexity index is 847. The van der Waals surface area contributed by atoms with Gasteiger partial charge in [0.25, 0.3) is 11.7 Å². The van der Waals surface area contributed by atoms with E-state index < -0.39 is 5.76 Å². The van der Waals surface area contributed by atoms with Gasteiger partial charge in [0.1, 0.15) is 0 Å². The van der Waals surface area contributed by atoms with E-state index in [4.69, 9.17) is 0 Å². The molecule has 23 heavy (non-hydrogen) atoms. The average molecular weight is 350 g/mol. The molecule has 1 N–H and O–H groups in total. The van der Waals surface area contributed by atoms with E-state index in [0.717, 1.165) is 15.2 Å². The molecule has 0 saturated carbocycles. The number of nitrogens with one attached hydrogen (secondary N) is 1. The summed E-state index contributed by atoms with van der Waals surface area (Å²) in [5.74, 6) is -2.75. The van der Waals surface area contributed by atoms with Gasteiger partial charge in [-0.15, -0.1) is 11.3 Å². The van der Waals surface area contributed by atoms with Crippen molar-refractivity contribution in [3.8, 4) is 0 Å². The van der Waals surface area contributed by atoms with Crippen LogP contribution in [-0.2, 0) is 0 Å². The average Bonchev–Trinajstić information content (AvgIpc) is 2.86. The summed E-state index contributed by atoms with van der Waals surface area (Å²) < 4.78 is 25.6. The topological polar surface area (TPSA) is 42.0 Å². The lowest BCUT2D eigenvalue weighted by Gasteiger charge is -2.06. The van der Waals surface area contributed by atoms with Crippen molar-refractivity contribution >= 4 is 44.9 Å². The van der Waals surface area contributed by atoms with Gasteiger partial charge in [-0.2, -0.15) is 8.78 Å². The highest BCUT2D eigenvalue weighted by Crippen LogP contribution is 2.26. The standard InChI is InChI=1S/C16H12F2N2OS2/c1-9-19-13-7-4-11(8-14(13)22-9)20-15(21)10-2-5-12(6-3-10)23-16(17)18/h2-8,16H,1H3,(H,20,21). The Morgan fingerprint density at radius 2 is 1.96 bits per heavy atom. The van der Waals surface area contributed by atoms with Crippen LogP contribution < -0.4 is 5.32 Å². The van der Waals surface area contributed by atoms with Crippen molar-refractivity contribution in [1.29, 1.82) is 0 Å². The number of aromatic nitrogens is 1. The fourth-order valence-electron chi connectivity index (χ4n) is 2.11. The van der Waals surface area contributed by atoms with Crippen LogP contribution in [0.1, 0.15) is 15.4 Å². The third-order valence-electron chi connectivity index (χ3n) is 3.09. The van der Waals surface area contributed by atoms with Crippen LogP contribution in [0.3, 0.4) is 0 Å². The number of alkyl halides is 2. The number of carbonyl (C=O) groups excluding carboxylic acids is 1. The minimum Gasteiger partial charge on any atom is -0.322 e. The van der Waals surface area contributed by atoms with Crippen LogP contribution >= 0.6 is 23.1 Å². The van der Waals surface area contributed by atoms with Gasteiger partial charge >= 0.3 is 0 Å². The molecule has 1 heterocycles. The molecule has 0 aliphatic carbocycles. The number of hydrogen-bond acceptors (Lipinski definition) is 4. The molecule has 0 saturated heterocycles. The molecule has 1 amide bonds. The second-order valence-electron chi connectivity index (χ2n) is 4.77. The third-order valence-corrected chi connectivity index (χ3v) is 4.75. The number of benzene rings is 2. The molecule has 0 aliphatic heterocycles. The van der Waals surface area contributed by atoms with Gasteiger partial charge in [-0.3, -0.25) is 4.79 Å². The Balaban J connectivity index is 1.74. The van der Waals surface area contributed by atoms with Gasteiger partial charge in [-0.25, -0.2) is 4.98 Å². The van der Waals surface area contributed by atoms with Gasteiger partial charge in [0.15, 0.2) is 0 Å². The molecule has 1 aromatic heterocycles. The van der Waals surface area contributed by atoms with Crippen molar-refractivity contribution in [3.63, 3.8) is 0 Å². The molecular weight excluding hydrogens is 338 g/mol. The Hall–Kier alpha value is -1.99. The molecule has 3 aromatic rings. The molecule has 0 bridgehead atoms. The minimum absolute atomic E-state index is 0.279. The zero-order chi connectivity index (χ0) is 16.4. The minimum atomic E-state index is -2.47. The van der Waals surface area contributed by atoms with Gasteiger partial charge in [0.2, 0.25) is 0 Å². The Morgan fingerprint density at radius 3 is 2.65 bits per heavy atom. The van der Waals surface area contributed by atoms with E-state index >= 15 is 0 Å². The van der Waals surface area contributed by atoms with E-state index in [2.05, 4.69) is 10.3 Å². The van der Waals surface area contributed by atoms with Crippen LogP contribution in [0.4, 0.5) is 14.5 Å². The molecule has 7 heteroatoms. The number of anilines is 1. The summed E-state index contributed by atoms with van der Waals surface area (Å²) in [6.45, 7) is 1.93. The van der Waals surface area contributed by atoms with Gasteiger partial charge in [0, 0.05) is 16.1 Å². The molecule has 2 aromatic carbocycles. The number of amides is 1. The zero-order valence-corrected chi connectivity index (χ0v) is 13.7. The van der Waals surface area contributed by atoms with Crippen LogP contribution in [0.2, 0.25) is 0 Å². The fourth-order valence-corrected chi connectivity index (χ4v) is 3.47. The SMILES string of the molecule is Cc1nc2ccc(NC(=O)c3ccc(SC(F)F)cc3)cc2s1. The highest BCUT2D eigenvalue weighted by atomic mass is 32.2. The monoisotopic (exact) mass is 350 g/mol. The molecule has 3 nitrogen and oxygen atoms in total. The first-order valence-electron chi connectivity index (χ1n) is 6.75. The molecule has 0 radical (unpaired) electrons. The van der Waals surface area contributed by atoms with Crippen molar-refractivity contribution in [1.82, 2.24) is 4.98 Å². The van der Waals surface area contributed by atoms with Crippen molar-refractivity contribution in [2.45, 2.75) is 17.6 Å². The summed E-state index contributed by atoms with van der Waals surface area (Å²) in [6.07, 6.45) is 0. The predicted octanol–water partition coefficient (Wildman–Crippen LogP) is 5.17. The van der Waals surface area contributed by atoms with E-state index in [9.17, 15) is 13.6 Å². The first-order valence-corrected chi connectivity index (χ1v) is 8.44. The summed E-state index contributed by atoms with van der Waals surface area (Å²) in [6, 6.07) is 11.6. The van der Waals surface area contributed by atoms with Crippen molar-refractivity contribution in [2.75, 3.05) is 5.32 Å². The first kappa shape index (κ1) is 15.9. The van der Waals surface area contributed by atoms with Gasteiger partial charge < -0.3 is 5.32 Å². The lowest BCUT2D eigenvalue weighted by atomic mass is 10.2. The molecule has 0 fully saturated rings. The second kappa shape index (κ2) is 6.64. The molecule has 0 spiro atoms. The number of fused-ring (bicyclic) bond motifs is 1. The maximum absolute atomic E-state index is 12.3. The van der Waals surface area contributed by atoms with E-state index in [1.54, 1.807) is 17.4 Å². The number of halogens is 2. The lowest BCUT2D eigenvalue weighted by molar-refractivity contribution is 0.102. The van der Waals surface area contributed by atoms with Crippen molar-refractivity contribution in [3.05, 3.63) is 53.0 Å². The normalized spacial score (nSPS) is 11.1. The Morgan fingerprint density at radius 1 is 1.22 bits per heavy atom. The summed E-state index contributed by atoms with van der Waals surface area (Å²) in [7, 11) is 0. The largest absolute Gasteiger partial charge is 0.322 e. The highest BCUT2D eigenvalue weighted by Gasteiger charge is 2.09. The van der Waals surface area contributed by atoms with Crippen LogP contribution in [0.5, 0.6) is 0 Å². The molecule has 3 rings (SSSR count). The zero-order valence-electron chi connectivity index (χ0n) is 12.0. The van der Waals surface area contributed by atoms with Gasteiger partial charge in [0.05, 0.1) is 15.2 Å². The molecule has 0 atom stereocenters. The van der Waals surface area contributed by atoms with Crippen molar-refractivity contribution < 1.29 is 13.6 Å². The number of thioether (sulfide) groups is 1. The van der Waals surface area contributed by atoms with E-state index in [0.29, 0.717) is 27.9 Å². The maximum atomic E-state index is 12.3. The smallest absolute Gasteiger partial charge is 0.288 e. The van der Waals surface area contributed by atoms with Crippen LogP contribution in [0.25, 0.3) is 10.2 Å². The molecular formula is C16H12F2N2OS2. The molecule has 0 unspecified atom stereocenters. The van der Waals surface area contributed by atoms with Gasteiger partial charge in [-0.1, -0.05) is 11.8 Å². The number of hydrogen-bond donors (Lipinski definition) is 1. The maximum Gasteiger partial charge on any atom is 0.288 e. The summed E-state index contributed by atoms with van der Waals surface area (Å²) in [5.41, 5.74) is 2.00. The number of aryl methyl sites for hydroxylation is 1. The van der Waals surface area contributed by atoms with Gasteiger partial charge in [-0.05, 0) is 49.4 Å². The van der Waals surface area contributed by atoms with Crippen molar-refractivity contribution in [2.24, 2.45) is 0 Å². The Labute approximate surface area is 139 Å².